The number of amides is 1. The second-order valence-corrected chi connectivity index (χ2v) is 9.16. The van der Waals surface area contributed by atoms with Crippen molar-refractivity contribution in [2.45, 2.75) is 20.3 Å². The summed E-state index contributed by atoms with van der Waals surface area (Å²) in [6, 6.07) is 16.9. The van der Waals surface area contributed by atoms with E-state index in [0.717, 1.165) is 16.8 Å². The third kappa shape index (κ3) is 5.16. The molecule has 4 N–H and O–H groups in total. The number of carbonyl (C=O) groups is 1. The molecule has 0 aliphatic carbocycles. The summed E-state index contributed by atoms with van der Waals surface area (Å²) in [5.74, 6) is 6.47. The molecule has 204 valence electrons. The lowest BCUT2D eigenvalue weighted by Gasteiger charge is -2.09. The molecule has 0 saturated carbocycles. The summed E-state index contributed by atoms with van der Waals surface area (Å²) in [7, 11) is 1.88. The number of nitrogens with zero attached hydrogens (tertiary/aromatic N) is 5. The molecular weight excluding hydrogens is 518 g/mol. The van der Waals surface area contributed by atoms with Crippen LogP contribution in [0.2, 0.25) is 0 Å². The molecule has 0 aliphatic heterocycles. The van der Waals surface area contributed by atoms with Crippen LogP contribution in [-0.4, -0.2) is 30.3 Å². The number of fused-ring (bicyclic) bond motifs is 2. The fraction of sp³-hybridized carbons (Fsp3) is 0.129. The summed E-state index contributed by atoms with van der Waals surface area (Å²) >= 11 is 0. The van der Waals surface area contributed by atoms with E-state index in [9.17, 15) is 9.59 Å². The van der Waals surface area contributed by atoms with Gasteiger partial charge in [-0.2, -0.15) is 5.10 Å². The van der Waals surface area contributed by atoms with Crippen LogP contribution < -0.4 is 16.9 Å². The highest BCUT2D eigenvalue weighted by Gasteiger charge is 2.17. The first kappa shape index (κ1) is 26.9. The Kier molecular flexibility index (Phi) is 7.35. The van der Waals surface area contributed by atoms with Crippen LogP contribution in [0.25, 0.3) is 27.7 Å². The molecule has 0 saturated heterocycles. The van der Waals surface area contributed by atoms with Gasteiger partial charge in [0, 0.05) is 31.4 Å². The summed E-state index contributed by atoms with van der Waals surface area (Å²) in [6.45, 7) is 3.96. The molecule has 2 aromatic carbocycles. The lowest BCUT2D eigenvalue weighted by atomic mass is 9.99. The number of anilines is 1. The maximum atomic E-state index is 13.5. The molecule has 10 heteroatoms. The largest absolute Gasteiger partial charge is 0.460 e. The Morgan fingerprint density at radius 3 is 2.49 bits per heavy atom. The van der Waals surface area contributed by atoms with Crippen molar-refractivity contribution in [1.29, 1.82) is 0 Å². The monoisotopic (exact) mass is 545 g/mol. The molecule has 0 spiro atoms. The van der Waals surface area contributed by atoms with Gasteiger partial charge in [-0.1, -0.05) is 55.2 Å². The van der Waals surface area contributed by atoms with E-state index in [1.807, 2.05) is 69.4 Å². The molecule has 0 fully saturated rings. The summed E-state index contributed by atoms with van der Waals surface area (Å²) < 4.78 is 9.31. The van der Waals surface area contributed by atoms with Crippen molar-refractivity contribution in [1.82, 2.24) is 24.4 Å². The molecule has 1 amide bonds. The summed E-state index contributed by atoms with van der Waals surface area (Å²) in [5.41, 5.74) is 15.6. The van der Waals surface area contributed by atoms with Crippen LogP contribution in [0, 0.1) is 18.8 Å². The fourth-order valence-electron chi connectivity index (χ4n) is 4.43. The van der Waals surface area contributed by atoms with Crippen LogP contribution in [-0.2, 0) is 13.5 Å². The SMILES string of the molecule is CCc1oc2cccc(C#Cc3cnn(C)c3C)c2c(=O)c1-c1ccccc1.NC(=O)c1c(N)nn2cccnc12. The van der Waals surface area contributed by atoms with Crippen LogP contribution in [0.1, 0.15) is 39.9 Å². The predicted molar refractivity (Wildman–Crippen MR) is 157 cm³/mol. The molecule has 4 aromatic heterocycles. The van der Waals surface area contributed by atoms with E-state index in [-0.39, 0.29) is 16.8 Å². The van der Waals surface area contributed by atoms with Crippen LogP contribution in [0.4, 0.5) is 5.82 Å². The highest BCUT2D eigenvalue weighted by molar-refractivity contribution is 6.03. The molecule has 0 atom stereocenters. The third-order valence-electron chi connectivity index (χ3n) is 6.61. The van der Waals surface area contributed by atoms with Crippen molar-refractivity contribution in [2.75, 3.05) is 5.73 Å². The van der Waals surface area contributed by atoms with E-state index in [1.54, 1.807) is 29.3 Å². The summed E-state index contributed by atoms with van der Waals surface area (Å²) in [4.78, 5) is 28.4. The van der Waals surface area contributed by atoms with E-state index < -0.39 is 5.91 Å². The molecular formula is C31H27N7O3. The Labute approximate surface area is 235 Å². The van der Waals surface area contributed by atoms with E-state index in [1.165, 1.54) is 4.52 Å². The first-order valence-electron chi connectivity index (χ1n) is 12.8. The van der Waals surface area contributed by atoms with E-state index in [4.69, 9.17) is 15.9 Å². The van der Waals surface area contributed by atoms with Gasteiger partial charge in [-0.3, -0.25) is 14.3 Å². The minimum absolute atomic E-state index is 0.0443. The number of nitrogens with two attached hydrogens (primary N) is 2. The Hall–Kier alpha value is -5.69. The first-order valence-corrected chi connectivity index (χ1v) is 12.8. The van der Waals surface area contributed by atoms with Gasteiger partial charge in [0.1, 0.15) is 16.9 Å². The maximum Gasteiger partial charge on any atom is 0.256 e. The molecule has 0 unspecified atom stereocenters. The Bertz CT molecular complexity index is 2030. The Morgan fingerprint density at radius 1 is 1.05 bits per heavy atom. The predicted octanol–water partition coefficient (Wildman–Crippen LogP) is 3.87. The molecule has 10 nitrogen and oxygen atoms in total. The Balaban J connectivity index is 0.000000216. The van der Waals surface area contributed by atoms with E-state index in [0.29, 0.717) is 39.9 Å². The molecule has 6 aromatic rings. The number of hydrogen-bond acceptors (Lipinski definition) is 7. The standard InChI is InChI=1S/C24H20N2O2.C7H7N5O/c1-4-20-22(17-9-6-5-7-10-17)24(27)23-18(11-8-12-21(23)28-20)13-14-19-15-25-26(3)16(19)2;8-5-4(6(9)13)7-10-2-1-3-12(7)11-5/h5-12,15H,4H2,1-3H3;1-3H,(H2,8,11)(H2,9,13). The van der Waals surface area contributed by atoms with Gasteiger partial charge < -0.3 is 15.9 Å². The number of aryl methyl sites for hydroxylation is 2. The first-order chi connectivity index (χ1) is 19.8. The molecule has 0 aliphatic rings. The van der Waals surface area contributed by atoms with Crippen molar-refractivity contribution < 1.29 is 9.21 Å². The molecule has 41 heavy (non-hydrogen) atoms. The number of aromatic nitrogens is 5. The van der Waals surface area contributed by atoms with Crippen molar-refractivity contribution in [2.24, 2.45) is 12.8 Å². The zero-order valence-corrected chi connectivity index (χ0v) is 22.8. The van der Waals surface area contributed by atoms with Crippen LogP contribution in [0.3, 0.4) is 0 Å². The third-order valence-corrected chi connectivity index (χ3v) is 6.61. The van der Waals surface area contributed by atoms with Gasteiger partial charge in [0.2, 0.25) is 5.43 Å². The van der Waals surface area contributed by atoms with Gasteiger partial charge in [0.15, 0.2) is 11.5 Å². The average Bonchev–Trinajstić information content (AvgIpc) is 3.49. The topological polar surface area (TPSA) is 147 Å². The van der Waals surface area contributed by atoms with E-state index in [2.05, 4.69) is 27.0 Å². The van der Waals surface area contributed by atoms with Crippen LogP contribution >= 0.6 is 0 Å². The quantitative estimate of drug-likeness (QED) is 0.321. The van der Waals surface area contributed by atoms with Gasteiger partial charge in [-0.05, 0) is 30.7 Å². The van der Waals surface area contributed by atoms with Crippen molar-refractivity contribution in [3.05, 3.63) is 112 Å². The summed E-state index contributed by atoms with van der Waals surface area (Å²) in [5, 5.41) is 8.61. The summed E-state index contributed by atoms with van der Waals surface area (Å²) in [6.07, 6.45) is 5.56. The number of nitrogen functional groups attached to an aromatic ring is 1. The molecule has 0 bridgehead atoms. The molecule has 4 heterocycles. The zero-order valence-electron chi connectivity index (χ0n) is 22.8. The number of carbonyl (C=O) groups excluding carboxylic acids is 1. The normalized spacial score (nSPS) is 10.6. The van der Waals surface area contributed by atoms with Crippen LogP contribution in [0.15, 0.2) is 82.4 Å². The molecule has 6 rings (SSSR count). The lowest BCUT2D eigenvalue weighted by molar-refractivity contribution is 0.100. The highest BCUT2D eigenvalue weighted by Crippen LogP contribution is 2.26. The number of rotatable bonds is 3. The number of benzene rings is 2. The van der Waals surface area contributed by atoms with Gasteiger partial charge in [0.05, 0.1) is 28.4 Å². The lowest BCUT2D eigenvalue weighted by Crippen LogP contribution is -2.12. The van der Waals surface area contributed by atoms with Gasteiger partial charge in [-0.15, -0.1) is 5.10 Å². The van der Waals surface area contributed by atoms with Gasteiger partial charge in [0.25, 0.3) is 5.91 Å². The van der Waals surface area contributed by atoms with Crippen molar-refractivity contribution in [3.8, 4) is 23.0 Å². The zero-order chi connectivity index (χ0) is 29.1. The maximum absolute atomic E-state index is 13.5. The average molecular weight is 546 g/mol. The second-order valence-electron chi connectivity index (χ2n) is 9.16. The number of primary amides is 1. The highest BCUT2D eigenvalue weighted by atomic mass is 16.3. The Morgan fingerprint density at radius 2 is 1.80 bits per heavy atom. The second kappa shape index (κ2) is 11.2. The van der Waals surface area contributed by atoms with E-state index >= 15 is 0 Å². The molecule has 0 radical (unpaired) electrons. The smallest absolute Gasteiger partial charge is 0.256 e. The van der Waals surface area contributed by atoms with Crippen molar-refractivity contribution >= 4 is 28.3 Å². The fourth-order valence-corrected chi connectivity index (χ4v) is 4.43. The van der Waals surface area contributed by atoms with Crippen LogP contribution in [0.5, 0.6) is 0 Å². The van der Waals surface area contributed by atoms with Gasteiger partial charge in [-0.25, -0.2) is 9.50 Å². The minimum atomic E-state index is -0.619. The van der Waals surface area contributed by atoms with Gasteiger partial charge >= 0.3 is 0 Å². The minimum Gasteiger partial charge on any atom is -0.460 e. The van der Waals surface area contributed by atoms with Crippen molar-refractivity contribution in [3.63, 3.8) is 0 Å². The number of hydrogen-bond donors (Lipinski definition) is 2.